The Balaban J connectivity index is 0.934. The molecule has 328 valence electrons. The van der Waals surface area contributed by atoms with Crippen LogP contribution in [0.2, 0.25) is 0 Å². The van der Waals surface area contributed by atoms with Crippen molar-refractivity contribution in [2.24, 2.45) is 0 Å². The van der Waals surface area contributed by atoms with Crippen molar-refractivity contribution in [3.8, 4) is 33.4 Å². The van der Waals surface area contributed by atoms with Gasteiger partial charge in [0.15, 0.2) is 8.07 Å². The quantitative estimate of drug-likeness (QED) is 0.137. The highest BCUT2D eigenvalue weighted by Gasteiger charge is 2.49. The SMILES string of the molecule is c1ccc(C2(c3cccc(N(c4ccc(-c5cccc([Si]6(c7ccccc7)c7ccccc7-c7ccccc76)c5)cc4)c4ccc5c(c4)sc4ccccc45)c3)c3ccccc3-c3ccccc32)cc1. The first-order valence-electron chi connectivity index (χ1n) is 24.2. The lowest BCUT2D eigenvalue weighted by Gasteiger charge is -2.35. The average Bonchev–Trinajstić information content (AvgIpc) is 4.07. The normalized spacial score (nSPS) is 13.7. The highest BCUT2D eigenvalue weighted by Crippen LogP contribution is 2.56. The second-order valence-electron chi connectivity index (χ2n) is 18.7. The highest BCUT2D eigenvalue weighted by atomic mass is 32.1. The minimum Gasteiger partial charge on any atom is -0.310 e. The van der Waals surface area contributed by atoms with E-state index in [2.05, 4.69) is 278 Å². The molecule has 0 saturated heterocycles. The van der Waals surface area contributed by atoms with Crippen LogP contribution in [0.15, 0.2) is 273 Å². The van der Waals surface area contributed by atoms with E-state index in [9.17, 15) is 0 Å². The minimum atomic E-state index is -2.64. The number of thiophene rings is 1. The molecule has 0 radical (unpaired) electrons. The molecule has 0 atom stereocenters. The Morgan fingerprint density at radius 2 is 0.843 bits per heavy atom. The van der Waals surface area contributed by atoms with Gasteiger partial charge in [0.2, 0.25) is 0 Å². The first kappa shape index (κ1) is 40.7. The van der Waals surface area contributed by atoms with Gasteiger partial charge < -0.3 is 4.90 Å². The zero-order valence-corrected chi connectivity index (χ0v) is 40.2. The highest BCUT2D eigenvalue weighted by molar-refractivity contribution is 7.26. The topological polar surface area (TPSA) is 3.24 Å². The van der Waals surface area contributed by atoms with Crippen LogP contribution in [0.4, 0.5) is 17.1 Å². The fourth-order valence-corrected chi connectivity index (χ4v) is 18.7. The van der Waals surface area contributed by atoms with Gasteiger partial charge in [-0.05, 0) is 119 Å². The summed E-state index contributed by atoms with van der Waals surface area (Å²) in [6.45, 7) is 0. The van der Waals surface area contributed by atoms with Crippen LogP contribution in [0, 0.1) is 0 Å². The third-order valence-corrected chi connectivity index (χ3v) is 21.2. The molecule has 0 spiro atoms. The van der Waals surface area contributed by atoms with Gasteiger partial charge in [0.25, 0.3) is 0 Å². The Hall–Kier alpha value is -8.34. The van der Waals surface area contributed by atoms with Gasteiger partial charge in [0, 0.05) is 37.2 Å². The summed E-state index contributed by atoms with van der Waals surface area (Å²) in [5, 5.41) is 8.32. The lowest BCUT2D eigenvalue weighted by Crippen LogP contribution is -2.72. The van der Waals surface area contributed by atoms with Gasteiger partial charge in [-0.3, -0.25) is 0 Å². The van der Waals surface area contributed by atoms with Gasteiger partial charge in [0.1, 0.15) is 0 Å². The minimum absolute atomic E-state index is 0.513. The summed E-state index contributed by atoms with van der Waals surface area (Å²) >= 11 is 1.87. The summed E-state index contributed by atoms with van der Waals surface area (Å²) in [4.78, 5) is 2.46. The fraction of sp³-hybridized carbons (Fsp3) is 0.0149. The summed E-state index contributed by atoms with van der Waals surface area (Å²) in [5.41, 5.74) is 15.7. The Morgan fingerprint density at radius 3 is 1.56 bits per heavy atom. The molecule has 0 amide bonds. The van der Waals surface area contributed by atoms with Crippen LogP contribution < -0.4 is 25.6 Å². The van der Waals surface area contributed by atoms with E-state index in [1.807, 2.05) is 11.3 Å². The monoisotopic (exact) mass is 923 g/mol. The molecule has 2 aliphatic rings. The Bertz CT molecular complexity index is 3870. The number of benzene rings is 11. The standard InChI is InChI=1S/C67H45NSSi/c1-3-20-48(21-4-1)67(61-32-12-7-27-55(61)56-28-8-13-33-62(56)67)49-22-18-23-51(44-49)68(52-41-42-58-57-29-9-14-34-63(57)69-64(58)45-52)50-39-37-46(38-40-50)47-19-17-26-54(43-47)70(53-24-5-2-6-25-53)65-35-15-10-30-59(65)60-31-11-16-36-66(60)70/h1-45H. The van der Waals surface area contributed by atoms with Crippen LogP contribution in [-0.4, -0.2) is 8.07 Å². The van der Waals surface area contributed by atoms with E-state index in [1.54, 1.807) is 0 Å². The van der Waals surface area contributed by atoms with E-state index >= 15 is 0 Å². The van der Waals surface area contributed by atoms with Crippen molar-refractivity contribution in [1.82, 2.24) is 0 Å². The molecule has 0 fully saturated rings. The molecule has 0 unspecified atom stereocenters. The molecule has 1 aliphatic carbocycles. The van der Waals surface area contributed by atoms with Crippen molar-refractivity contribution in [3.63, 3.8) is 0 Å². The van der Waals surface area contributed by atoms with Crippen molar-refractivity contribution >= 4 is 77.4 Å². The molecular weight excluding hydrogens is 879 g/mol. The van der Waals surface area contributed by atoms with Gasteiger partial charge in [0.05, 0.1) is 5.41 Å². The summed E-state index contributed by atoms with van der Waals surface area (Å²) < 4.78 is 2.58. The summed E-state index contributed by atoms with van der Waals surface area (Å²) in [6, 6.07) is 103. The predicted octanol–water partition coefficient (Wildman–Crippen LogP) is 14.9. The lowest BCUT2D eigenvalue weighted by atomic mass is 9.67. The fourth-order valence-electron chi connectivity index (χ4n) is 12.3. The predicted molar refractivity (Wildman–Crippen MR) is 299 cm³/mol. The first-order chi connectivity index (χ1) is 34.7. The molecule has 0 saturated carbocycles. The summed E-state index contributed by atoms with van der Waals surface area (Å²) in [5.74, 6) is 0. The molecule has 0 bridgehead atoms. The molecule has 1 nitrogen and oxygen atoms in total. The maximum absolute atomic E-state index is 2.64. The summed E-state index contributed by atoms with van der Waals surface area (Å²) in [6.07, 6.45) is 0. The van der Waals surface area contributed by atoms with Crippen molar-refractivity contribution in [2.45, 2.75) is 5.41 Å². The van der Waals surface area contributed by atoms with Crippen molar-refractivity contribution in [2.75, 3.05) is 4.90 Å². The lowest BCUT2D eigenvalue weighted by molar-refractivity contribution is 0.768. The van der Waals surface area contributed by atoms with E-state index in [1.165, 1.54) is 96.6 Å². The van der Waals surface area contributed by atoms with Crippen LogP contribution >= 0.6 is 11.3 Å². The molecule has 14 rings (SSSR count). The third-order valence-electron chi connectivity index (χ3n) is 15.2. The second-order valence-corrected chi connectivity index (χ2v) is 23.5. The maximum atomic E-state index is 2.49. The van der Waals surface area contributed by atoms with Crippen LogP contribution in [-0.2, 0) is 5.41 Å². The summed E-state index contributed by atoms with van der Waals surface area (Å²) in [7, 11) is -2.64. The van der Waals surface area contributed by atoms with E-state index < -0.39 is 13.5 Å². The van der Waals surface area contributed by atoms with E-state index in [0.717, 1.165) is 17.1 Å². The Kier molecular flexibility index (Phi) is 9.38. The Labute approximate surface area is 413 Å². The maximum Gasteiger partial charge on any atom is 0.180 e. The number of anilines is 3. The molecule has 3 heteroatoms. The zero-order valence-electron chi connectivity index (χ0n) is 38.3. The van der Waals surface area contributed by atoms with E-state index in [-0.39, 0.29) is 0 Å². The van der Waals surface area contributed by atoms with Crippen LogP contribution in [0.25, 0.3) is 53.6 Å². The van der Waals surface area contributed by atoms with Gasteiger partial charge >= 0.3 is 0 Å². The van der Waals surface area contributed by atoms with Crippen LogP contribution in [0.5, 0.6) is 0 Å². The number of fused-ring (bicyclic) bond motifs is 9. The molecule has 1 aromatic heterocycles. The van der Waals surface area contributed by atoms with Gasteiger partial charge in [-0.1, -0.05) is 231 Å². The molecule has 11 aromatic carbocycles. The smallest absolute Gasteiger partial charge is 0.180 e. The van der Waals surface area contributed by atoms with Crippen LogP contribution in [0.3, 0.4) is 0 Å². The third kappa shape index (κ3) is 5.95. The molecule has 1 aliphatic heterocycles. The number of rotatable bonds is 8. The van der Waals surface area contributed by atoms with Crippen LogP contribution in [0.1, 0.15) is 22.3 Å². The Morgan fingerprint density at radius 1 is 0.314 bits per heavy atom. The molecular formula is C67H45NSSi. The zero-order chi connectivity index (χ0) is 46.2. The van der Waals surface area contributed by atoms with E-state index in [4.69, 9.17) is 0 Å². The molecule has 2 heterocycles. The van der Waals surface area contributed by atoms with Crippen molar-refractivity contribution < 1.29 is 0 Å². The largest absolute Gasteiger partial charge is 0.310 e. The van der Waals surface area contributed by atoms with E-state index in [0.29, 0.717) is 0 Å². The average molecular weight is 924 g/mol. The molecule has 70 heavy (non-hydrogen) atoms. The van der Waals surface area contributed by atoms with Gasteiger partial charge in [-0.25, -0.2) is 0 Å². The van der Waals surface area contributed by atoms with Gasteiger partial charge in [-0.15, -0.1) is 11.3 Å². The molecule has 0 N–H and O–H groups in total. The first-order valence-corrected chi connectivity index (χ1v) is 27.1. The number of hydrogen-bond acceptors (Lipinski definition) is 2. The number of nitrogens with zero attached hydrogens (tertiary/aromatic N) is 1. The number of hydrogen-bond donors (Lipinski definition) is 0. The second kappa shape index (κ2) is 16.1. The van der Waals surface area contributed by atoms with Crippen molar-refractivity contribution in [3.05, 3.63) is 295 Å². The molecule has 12 aromatic rings. The van der Waals surface area contributed by atoms with Crippen molar-refractivity contribution in [1.29, 1.82) is 0 Å². The van der Waals surface area contributed by atoms with Gasteiger partial charge in [-0.2, -0.15) is 0 Å².